The Morgan fingerprint density at radius 2 is 2.36 bits per heavy atom. The second kappa shape index (κ2) is 3.37. The smallest absolute Gasteiger partial charge is 0.331 e. The van der Waals surface area contributed by atoms with Crippen molar-refractivity contribution in [2.75, 3.05) is 6.61 Å². The van der Waals surface area contributed by atoms with Crippen LogP contribution in [0.2, 0.25) is 0 Å². The molecule has 1 heterocycles. The first-order valence-electron chi connectivity index (χ1n) is 3.74. The Bertz CT molecular complexity index is 212. The fourth-order valence-electron chi connectivity index (χ4n) is 0.801. The minimum absolute atomic E-state index is 0.228. The van der Waals surface area contributed by atoms with Gasteiger partial charge in [-0.15, -0.1) is 0 Å². The minimum atomic E-state index is -0.228. The Morgan fingerprint density at radius 3 is 2.82 bits per heavy atom. The molecule has 0 N–H and O–H groups in total. The van der Waals surface area contributed by atoms with Gasteiger partial charge >= 0.3 is 5.97 Å². The van der Waals surface area contributed by atoms with Crippen molar-refractivity contribution >= 4 is 5.97 Å². The molecule has 2 nitrogen and oxygen atoms in total. The zero-order chi connectivity index (χ0) is 8.27. The molecule has 0 aliphatic carbocycles. The van der Waals surface area contributed by atoms with E-state index in [0.29, 0.717) is 12.5 Å². The minimum Gasteiger partial charge on any atom is -0.458 e. The van der Waals surface area contributed by atoms with Crippen LogP contribution in [0.5, 0.6) is 0 Å². The zero-order valence-electron chi connectivity index (χ0n) is 6.83. The summed E-state index contributed by atoms with van der Waals surface area (Å²) in [6.07, 6.45) is 5.52. The van der Waals surface area contributed by atoms with Crippen LogP contribution >= 0.6 is 0 Å². The normalized spacial score (nSPS) is 17.7. The van der Waals surface area contributed by atoms with Gasteiger partial charge in [-0.2, -0.15) is 0 Å². The summed E-state index contributed by atoms with van der Waals surface area (Å²) >= 11 is 0. The molecule has 2 heteroatoms. The van der Waals surface area contributed by atoms with Gasteiger partial charge < -0.3 is 4.74 Å². The maximum atomic E-state index is 10.6. The summed E-state index contributed by atoms with van der Waals surface area (Å²) in [5.74, 6) is 0.292. The topological polar surface area (TPSA) is 26.3 Å². The SMILES string of the molecule is CC(C)C=CC1=CC(=O)OC1. The molecule has 0 amide bonds. The Balaban J connectivity index is 2.50. The third-order valence-electron chi connectivity index (χ3n) is 1.38. The lowest BCUT2D eigenvalue weighted by Crippen LogP contribution is -1.90. The third-order valence-corrected chi connectivity index (χ3v) is 1.38. The molecule has 60 valence electrons. The van der Waals surface area contributed by atoms with Crippen molar-refractivity contribution in [3.8, 4) is 0 Å². The maximum absolute atomic E-state index is 10.6. The van der Waals surface area contributed by atoms with Crippen molar-refractivity contribution in [3.05, 3.63) is 23.8 Å². The van der Waals surface area contributed by atoms with Crippen LogP contribution in [0.25, 0.3) is 0 Å². The average molecular weight is 152 g/mol. The highest BCUT2D eigenvalue weighted by Crippen LogP contribution is 2.08. The van der Waals surface area contributed by atoms with E-state index >= 15 is 0 Å². The lowest BCUT2D eigenvalue weighted by molar-refractivity contribution is -0.134. The van der Waals surface area contributed by atoms with E-state index in [1.54, 1.807) is 0 Å². The monoisotopic (exact) mass is 152 g/mol. The number of allylic oxidation sites excluding steroid dienone is 1. The van der Waals surface area contributed by atoms with E-state index in [0.717, 1.165) is 5.57 Å². The quantitative estimate of drug-likeness (QED) is 0.563. The summed E-state index contributed by atoms with van der Waals surface area (Å²) in [5, 5.41) is 0. The van der Waals surface area contributed by atoms with Crippen molar-refractivity contribution in [2.24, 2.45) is 5.92 Å². The van der Waals surface area contributed by atoms with Gasteiger partial charge in [-0.3, -0.25) is 0 Å². The number of hydrogen-bond acceptors (Lipinski definition) is 2. The van der Waals surface area contributed by atoms with E-state index < -0.39 is 0 Å². The molecule has 0 saturated heterocycles. The predicted molar refractivity (Wildman–Crippen MR) is 43.0 cm³/mol. The predicted octanol–water partition coefficient (Wildman–Crippen LogP) is 1.68. The number of rotatable bonds is 2. The van der Waals surface area contributed by atoms with E-state index in [-0.39, 0.29) is 5.97 Å². The highest BCUT2D eigenvalue weighted by Gasteiger charge is 2.09. The first kappa shape index (κ1) is 8.05. The molecular formula is C9H12O2. The van der Waals surface area contributed by atoms with Crippen molar-refractivity contribution in [1.82, 2.24) is 0 Å². The van der Waals surface area contributed by atoms with Gasteiger partial charge in [-0.1, -0.05) is 26.0 Å². The number of carbonyl (C=O) groups excluding carboxylic acids is 1. The molecule has 0 saturated carbocycles. The van der Waals surface area contributed by atoms with E-state index in [1.165, 1.54) is 6.08 Å². The van der Waals surface area contributed by atoms with Crippen molar-refractivity contribution in [2.45, 2.75) is 13.8 Å². The van der Waals surface area contributed by atoms with Crippen molar-refractivity contribution in [1.29, 1.82) is 0 Å². The second-order valence-corrected chi connectivity index (χ2v) is 2.93. The van der Waals surface area contributed by atoms with Crippen LogP contribution in [-0.4, -0.2) is 12.6 Å². The summed E-state index contributed by atoms with van der Waals surface area (Å²) in [6.45, 7) is 4.62. The summed E-state index contributed by atoms with van der Waals surface area (Å²) in [4.78, 5) is 10.6. The van der Waals surface area contributed by atoms with E-state index in [4.69, 9.17) is 4.74 Å². The summed E-state index contributed by atoms with van der Waals surface area (Å²) in [5.41, 5.74) is 0.962. The van der Waals surface area contributed by atoms with Crippen LogP contribution in [0.4, 0.5) is 0 Å². The van der Waals surface area contributed by atoms with Crippen LogP contribution in [-0.2, 0) is 9.53 Å². The largest absolute Gasteiger partial charge is 0.458 e. The molecule has 1 aliphatic rings. The van der Waals surface area contributed by atoms with Crippen LogP contribution in [0.1, 0.15) is 13.8 Å². The molecule has 0 fully saturated rings. The summed E-state index contributed by atoms with van der Waals surface area (Å²) in [6, 6.07) is 0. The zero-order valence-corrected chi connectivity index (χ0v) is 6.83. The number of carbonyl (C=O) groups is 1. The Hall–Kier alpha value is -1.05. The molecule has 0 aromatic heterocycles. The fraction of sp³-hybridized carbons (Fsp3) is 0.444. The number of esters is 1. The molecule has 1 aliphatic heterocycles. The van der Waals surface area contributed by atoms with Gasteiger partial charge in [-0.05, 0) is 11.5 Å². The standard InChI is InChI=1S/C9H12O2/c1-7(2)3-4-8-5-9(10)11-6-8/h3-5,7H,6H2,1-2H3. The van der Waals surface area contributed by atoms with Crippen molar-refractivity contribution < 1.29 is 9.53 Å². The number of cyclic esters (lactones) is 1. The highest BCUT2D eigenvalue weighted by molar-refractivity contribution is 5.85. The maximum Gasteiger partial charge on any atom is 0.331 e. The molecule has 0 spiro atoms. The van der Waals surface area contributed by atoms with Crippen LogP contribution < -0.4 is 0 Å². The molecule has 0 aromatic carbocycles. The molecular weight excluding hydrogens is 140 g/mol. The molecule has 11 heavy (non-hydrogen) atoms. The lowest BCUT2D eigenvalue weighted by atomic mass is 10.1. The van der Waals surface area contributed by atoms with Gasteiger partial charge in [0.05, 0.1) is 0 Å². The number of ether oxygens (including phenoxy) is 1. The molecule has 0 radical (unpaired) electrons. The van der Waals surface area contributed by atoms with Crippen LogP contribution in [0.3, 0.4) is 0 Å². The number of hydrogen-bond donors (Lipinski definition) is 0. The summed E-state index contributed by atoms with van der Waals surface area (Å²) in [7, 11) is 0. The lowest BCUT2D eigenvalue weighted by Gasteiger charge is -1.93. The molecule has 0 unspecified atom stereocenters. The highest BCUT2D eigenvalue weighted by atomic mass is 16.5. The first-order chi connectivity index (χ1) is 5.18. The fourth-order valence-corrected chi connectivity index (χ4v) is 0.801. The van der Waals surface area contributed by atoms with Gasteiger partial charge in [0.2, 0.25) is 0 Å². The van der Waals surface area contributed by atoms with Gasteiger partial charge in [0.15, 0.2) is 0 Å². The van der Waals surface area contributed by atoms with Crippen LogP contribution in [0, 0.1) is 5.92 Å². The van der Waals surface area contributed by atoms with Gasteiger partial charge in [0, 0.05) is 6.08 Å². The van der Waals surface area contributed by atoms with Gasteiger partial charge in [-0.25, -0.2) is 4.79 Å². The average Bonchev–Trinajstić information content (AvgIpc) is 2.31. The van der Waals surface area contributed by atoms with Crippen molar-refractivity contribution in [3.63, 3.8) is 0 Å². The third kappa shape index (κ3) is 2.58. The molecule has 0 bridgehead atoms. The second-order valence-electron chi connectivity index (χ2n) is 2.93. The Morgan fingerprint density at radius 1 is 1.64 bits per heavy atom. The van der Waals surface area contributed by atoms with E-state index in [9.17, 15) is 4.79 Å². The Labute approximate surface area is 66.5 Å². The summed E-state index contributed by atoms with van der Waals surface area (Å²) < 4.78 is 4.71. The molecule has 1 rings (SSSR count). The van der Waals surface area contributed by atoms with Gasteiger partial charge in [0.1, 0.15) is 6.61 Å². The van der Waals surface area contributed by atoms with E-state index in [1.807, 2.05) is 12.2 Å². The molecule has 0 atom stereocenters. The molecule has 0 aromatic rings. The van der Waals surface area contributed by atoms with E-state index in [2.05, 4.69) is 13.8 Å². The van der Waals surface area contributed by atoms with Crippen LogP contribution in [0.15, 0.2) is 23.8 Å². The Kier molecular flexibility index (Phi) is 2.47. The first-order valence-corrected chi connectivity index (χ1v) is 3.74. The van der Waals surface area contributed by atoms with Gasteiger partial charge in [0.25, 0.3) is 0 Å².